The molecule has 0 saturated carbocycles. The first-order chi connectivity index (χ1) is 13.0. The zero-order valence-electron chi connectivity index (χ0n) is 14.4. The average molecular weight is 378 g/mol. The van der Waals surface area contributed by atoms with Gasteiger partial charge in [-0.3, -0.25) is 4.79 Å². The third-order valence-electron chi connectivity index (χ3n) is 3.60. The van der Waals surface area contributed by atoms with Crippen molar-refractivity contribution in [3.05, 3.63) is 83.4 Å². The minimum absolute atomic E-state index is 0.111. The molecule has 3 aromatic rings. The van der Waals surface area contributed by atoms with E-state index in [0.717, 1.165) is 4.90 Å². The molecule has 0 fully saturated rings. The van der Waals surface area contributed by atoms with Crippen LogP contribution in [0, 0.1) is 24.1 Å². The summed E-state index contributed by atoms with van der Waals surface area (Å²) >= 11 is 1.45. The lowest BCUT2D eigenvalue weighted by Crippen LogP contribution is -2.13. The molecule has 0 bridgehead atoms. The molecule has 3 rings (SSSR count). The van der Waals surface area contributed by atoms with Crippen LogP contribution in [0.5, 0.6) is 0 Å². The number of nitriles is 1. The molecule has 1 amide bonds. The number of nitrogens with one attached hydrogen (secondary N) is 1. The van der Waals surface area contributed by atoms with E-state index in [0.29, 0.717) is 16.5 Å². The molecule has 0 saturated heterocycles. The van der Waals surface area contributed by atoms with Gasteiger partial charge in [0.25, 0.3) is 5.91 Å². The number of carbonyl (C=O) groups excluding carboxylic acids is 1. The minimum atomic E-state index is -0.590. The Morgan fingerprint density at radius 2 is 1.81 bits per heavy atom. The highest BCUT2D eigenvalue weighted by atomic mass is 32.2. The minimum Gasteiger partial charge on any atom is -0.450 e. The molecule has 0 unspecified atom stereocenters. The molecule has 27 heavy (non-hydrogen) atoms. The highest BCUT2D eigenvalue weighted by molar-refractivity contribution is 7.99. The van der Waals surface area contributed by atoms with Gasteiger partial charge in [-0.15, -0.1) is 0 Å². The van der Waals surface area contributed by atoms with Crippen molar-refractivity contribution in [2.24, 2.45) is 0 Å². The molecular weight excluding hydrogens is 363 g/mol. The maximum atomic E-state index is 12.9. The SMILES string of the molecule is Cc1ccc(Sc2ccc(/C=C(/C#N)C(=O)Nc3ccc(F)cc3)o2)cc1. The van der Waals surface area contributed by atoms with E-state index in [2.05, 4.69) is 5.32 Å². The van der Waals surface area contributed by atoms with Crippen LogP contribution in [0.15, 0.2) is 80.6 Å². The average Bonchev–Trinajstić information content (AvgIpc) is 3.10. The predicted octanol–water partition coefficient (Wildman–Crippen LogP) is 5.42. The molecule has 1 N–H and O–H groups in total. The Kier molecular flexibility index (Phi) is 5.74. The van der Waals surface area contributed by atoms with Gasteiger partial charge in [0.05, 0.1) is 0 Å². The van der Waals surface area contributed by atoms with E-state index in [1.807, 2.05) is 37.3 Å². The first kappa shape index (κ1) is 18.5. The Morgan fingerprint density at radius 3 is 2.48 bits per heavy atom. The van der Waals surface area contributed by atoms with E-state index < -0.39 is 11.7 Å². The maximum Gasteiger partial charge on any atom is 0.266 e. The Hall–Kier alpha value is -3.30. The molecule has 2 aromatic carbocycles. The van der Waals surface area contributed by atoms with E-state index in [4.69, 9.17) is 4.42 Å². The van der Waals surface area contributed by atoms with Crippen LogP contribution in [0.3, 0.4) is 0 Å². The number of halogens is 1. The number of hydrogen-bond acceptors (Lipinski definition) is 4. The van der Waals surface area contributed by atoms with Gasteiger partial charge in [0.2, 0.25) is 0 Å². The summed E-state index contributed by atoms with van der Waals surface area (Å²) < 4.78 is 18.6. The highest BCUT2D eigenvalue weighted by Gasteiger charge is 2.11. The second-order valence-electron chi connectivity index (χ2n) is 5.70. The molecule has 0 aliphatic carbocycles. The summed E-state index contributed by atoms with van der Waals surface area (Å²) in [7, 11) is 0. The van der Waals surface area contributed by atoms with Crippen LogP contribution in [-0.2, 0) is 4.79 Å². The van der Waals surface area contributed by atoms with Crippen LogP contribution >= 0.6 is 11.8 Å². The number of aryl methyl sites for hydroxylation is 1. The van der Waals surface area contributed by atoms with E-state index >= 15 is 0 Å². The smallest absolute Gasteiger partial charge is 0.266 e. The lowest BCUT2D eigenvalue weighted by atomic mass is 10.2. The third-order valence-corrected chi connectivity index (χ3v) is 4.52. The first-order valence-electron chi connectivity index (χ1n) is 8.06. The fourth-order valence-electron chi connectivity index (χ4n) is 2.21. The molecule has 0 atom stereocenters. The van der Waals surface area contributed by atoms with Crippen molar-refractivity contribution in [1.29, 1.82) is 5.26 Å². The van der Waals surface area contributed by atoms with Crippen molar-refractivity contribution >= 4 is 29.4 Å². The van der Waals surface area contributed by atoms with Crippen molar-refractivity contribution in [1.82, 2.24) is 0 Å². The molecule has 0 aliphatic rings. The summed E-state index contributed by atoms with van der Waals surface area (Å²) in [6.45, 7) is 2.02. The Labute approximate surface area is 160 Å². The van der Waals surface area contributed by atoms with Crippen LogP contribution in [0.1, 0.15) is 11.3 Å². The first-order valence-corrected chi connectivity index (χ1v) is 8.88. The predicted molar refractivity (Wildman–Crippen MR) is 103 cm³/mol. The van der Waals surface area contributed by atoms with Crippen molar-refractivity contribution in [3.63, 3.8) is 0 Å². The van der Waals surface area contributed by atoms with E-state index in [1.165, 1.54) is 47.7 Å². The van der Waals surface area contributed by atoms with Gasteiger partial charge in [0.15, 0.2) is 5.09 Å². The second kappa shape index (κ2) is 8.39. The van der Waals surface area contributed by atoms with Crippen molar-refractivity contribution in [2.75, 3.05) is 5.32 Å². The molecule has 0 radical (unpaired) electrons. The molecule has 0 spiro atoms. The number of carbonyl (C=O) groups is 1. The zero-order valence-corrected chi connectivity index (χ0v) is 15.2. The van der Waals surface area contributed by atoms with Gasteiger partial charge in [0.1, 0.15) is 23.2 Å². The van der Waals surface area contributed by atoms with Crippen LogP contribution in [0.4, 0.5) is 10.1 Å². The number of furan rings is 1. The summed E-state index contributed by atoms with van der Waals surface area (Å²) in [5, 5.41) is 12.5. The molecule has 4 nitrogen and oxygen atoms in total. The second-order valence-corrected chi connectivity index (χ2v) is 6.78. The van der Waals surface area contributed by atoms with Crippen LogP contribution in [0.25, 0.3) is 6.08 Å². The summed E-state index contributed by atoms with van der Waals surface area (Å²) in [5.74, 6) is -0.595. The standard InChI is InChI=1S/C21H15FN2O2S/c1-14-2-9-19(10-3-14)27-20-11-8-18(26-20)12-15(13-23)21(25)24-17-6-4-16(22)5-7-17/h2-12H,1H3,(H,24,25)/b15-12-. The van der Waals surface area contributed by atoms with Gasteiger partial charge in [-0.2, -0.15) is 5.26 Å². The van der Waals surface area contributed by atoms with E-state index in [9.17, 15) is 14.4 Å². The monoisotopic (exact) mass is 378 g/mol. The molecule has 1 aromatic heterocycles. The van der Waals surface area contributed by atoms with E-state index in [1.54, 1.807) is 12.1 Å². The highest BCUT2D eigenvalue weighted by Crippen LogP contribution is 2.30. The lowest BCUT2D eigenvalue weighted by molar-refractivity contribution is -0.112. The van der Waals surface area contributed by atoms with Gasteiger partial charge in [0, 0.05) is 16.7 Å². The van der Waals surface area contributed by atoms with Crippen LogP contribution in [-0.4, -0.2) is 5.91 Å². The van der Waals surface area contributed by atoms with Crippen molar-refractivity contribution < 1.29 is 13.6 Å². The van der Waals surface area contributed by atoms with Crippen LogP contribution < -0.4 is 5.32 Å². The topological polar surface area (TPSA) is 66.0 Å². The summed E-state index contributed by atoms with van der Waals surface area (Å²) in [6.07, 6.45) is 1.37. The lowest BCUT2D eigenvalue weighted by Gasteiger charge is -2.03. The van der Waals surface area contributed by atoms with Gasteiger partial charge >= 0.3 is 0 Å². The number of benzene rings is 2. The van der Waals surface area contributed by atoms with Crippen molar-refractivity contribution in [3.8, 4) is 6.07 Å². The quantitative estimate of drug-likeness (QED) is 0.475. The fraction of sp³-hybridized carbons (Fsp3) is 0.0476. The normalized spacial score (nSPS) is 11.1. The van der Waals surface area contributed by atoms with E-state index in [-0.39, 0.29) is 5.57 Å². The molecule has 134 valence electrons. The number of hydrogen-bond donors (Lipinski definition) is 1. The third kappa shape index (κ3) is 5.09. The largest absolute Gasteiger partial charge is 0.450 e. The number of nitrogens with zero attached hydrogens (tertiary/aromatic N) is 1. The molecule has 6 heteroatoms. The fourth-order valence-corrected chi connectivity index (χ4v) is 2.99. The van der Waals surface area contributed by atoms with Gasteiger partial charge in [-0.05, 0) is 55.5 Å². The summed E-state index contributed by atoms with van der Waals surface area (Å²) in [4.78, 5) is 13.2. The molecule has 1 heterocycles. The van der Waals surface area contributed by atoms with Gasteiger partial charge in [-0.1, -0.05) is 29.5 Å². The van der Waals surface area contributed by atoms with Crippen molar-refractivity contribution in [2.45, 2.75) is 16.9 Å². The molecule has 0 aliphatic heterocycles. The Bertz CT molecular complexity index is 1020. The Balaban J connectivity index is 1.71. The number of anilines is 1. The van der Waals surface area contributed by atoms with Gasteiger partial charge < -0.3 is 9.73 Å². The maximum absolute atomic E-state index is 12.9. The number of rotatable bonds is 5. The summed E-state index contributed by atoms with van der Waals surface area (Å²) in [5.41, 5.74) is 1.46. The van der Waals surface area contributed by atoms with Crippen LogP contribution in [0.2, 0.25) is 0 Å². The molecular formula is C21H15FN2O2S. The Morgan fingerprint density at radius 1 is 1.11 bits per heavy atom. The summed E-state index contributed by atoms with van der Waals surface area (Å²) in [6, 6.07) is 18.6. The zero-order chi connectivity index (χ0) is 19.2. The number of amides is 1. The van der Waals surface area contributed by atoms with Gasteiger partial charge in [-0.25, -0.2) is 4.39 Å².